The summed E-state index contributed by atoms with van der Waals surface area (Å²) in [5.41, 5.74) is 3.24. The smallest absolute Gasteiger partial charge is 0.166 e. The molecule has 1 N–H and O–H groups in total. The fourth-order valence-electron chi connectivity index (χ4n) is 1.81. The molecule has 4 nitrogen and oxygen atoms in total. The number of ether oxygens (including phenoxy) is 1. The first-order valence-electron chi connectivity index (χ1n) is 5.41. The van der Waals surface area contributed by atoms with Crippen LogP contribution in [0.2, 0.25) is 0 Å². The van der Waals surface area contributed by atoms with Crippen LogP contribution in [0, 0.1) is 11.3 Å². The van der Waals surface area contributed by atoms with Crippen LogP contribution < -0.4 is 4.74 Å². The Morgan fingerprint density at radius 3 is 2.94 bits per heavy atom. The zero-order valence-electron chi connectivity index (χ0n) is 9.82. The molecule has 0 fully saturated rings. The summed E-state index contributed by atoms with van der Waals surface area (Å²) < 4.78 is 5.27. The Balaban J connectivity index is 2.51. The largest absolute Gasteiger partial charge is 0.496 e. The van der Waals surface area contributed by atoms with Gasteiger partial charge < -0.3 is 9.72 Å². The second-order valence-electron chi connectivity index (χ2n) is 3.62. The third-order valence-corrected chi connectivity index (χ3v) is 2.70. The first kappa shape index (κ1) is 11.2. The summed E-state index contributed by atoms with van der Waals surface area (Å²) in [6, 6.07) is 7.92. The Morgan fingerprint density at radius 1 is 1.47 bits per heavy atom. The number of nitriles is 1. The van der Waals surface area contributed by atoms with Crippen molar-refractivity contribution in [2.45, 2.75) is 13.3 Å². The van der Waals surface area contributed by atoms with Crippen LogP contribution in [0.3, 0.4) is 0 Å². The van der Waals surface area contributed by atoms with Crippen molar-refractivity contribution in [1.29, 1.82) is 5.26 Å². The normalized spacial score (nSPS) is 9.94. The summed E-state index contributed by atoms with van der Waals surface area (Å²) in [5, 5.41) is 8.94. The molecule has 0 bridgehead atoms. The molecule has 0 saturated heterocycles. The average molecular weight is 227 g/mol. The van der Waals surface area contributed by atoms with Gasteiger partial charge in [0.25, 0.3) is 0 Å². The Hall–Kier alpha value is -2.28. The van der Waals surface area contributed by atoms with Gasteiger partial charge in [-0.05, 0) is 30.2 Å². The third kappa shape index (κ3) is 2.00. The van der Waals surface area contributed by atoms with Crippen LogP contribution in [0.5, 0.6) is 5.75 Å². The number of methoxy groups -OCH3 is 1. The highest BCUT2D eigenvalue weighted by atomic mass is 16.5. The quantitative estimate of drug-likeness (QED) is 0.876. The first-order valence-corrected chi connectivity index (χ1v) is 5.41. The lowest BCUT2D eigenvalue weighted by atomic mass is 10.0. The van der Waals surface area contributed by atoms with E-state index in [9.17, 15) is 0 Å². The van der Waals surface area contributed by atoms with E-state index < -0.39 is 0 Å². The molecular weight excluding hydrogens is 214 g/mol. The van der Waals surface area contributed by atoms with E-state index in [4.69, 9.17) is 10.00 Å². The lowest BCUT2D eigenvalue weighted by Gasteiger charge is -2.08. The van der Waals surface area contributed by atoms with Crippen molar-refractivity contribution in [2.24, 2.45) is 0 Å². The summed E-state index contributed by atoms with van der Waals surface area (Å²) in [5.74, 6) is 0.870. The number of aryl methyl sites for hydroxylation is 1. The van der Waals surface area contributed by atoms with Crippen LogP contribution in [-0.4, -0.2) is 17.1 Å². The summed E-state index contributed by atoms with van der Waals surface area (Å²) in [7, 11) is 1.66. The number of aromatic nitrogens is 2. The highest BCUT2D eigenvalue weighted by molar-refractivity contribution is 5.66. The highest BCUT2D eigenvalue weighted by Gasteiger charge is 2.09. The minimum absolute atomic E-state index is 0.414. The second-order valence-corrected chi connectivity index (χ2v) is 3.62. The zero-order chi connectivity index (χ0) is 12.3. The van der Waals surface area contributed by atoms with Gasteiger partial charge in [-0.15, -0.1) is 0 Å². The van der Waals surface area contributed by atoms with E-state index in [0.717, 1.165) is 29.0 Å². The Morgan fingerprint density at radius 2 is 2.29 bits per heavy atom. The average Bonchev–Trinajstić information content (AvgIpc) is 2.86. The highest BCUT2D eigenvalue weighted by Crippen LogP contribution is 2.27. The monoisotopic (exact) mass is 227 g/mol. The Labute approximate surface area is 99.9 Å². The van der Waals surface area contributed by atoms with Crippen molar-refractivity contribution >= 4 is 0 Å². The summed E-state index contributed by atoms with van der Waals surface area (Å²) >= 11 is 0. The van der Waals surface area contributed by atoms with Gasteiger partial charge in [0.05, 0.1) is 19.1 Å². The number of imidazole rings is 1. The van der Waals surface area contributed by atoms with Gasteiger partial charge in [0.1, 0.15) is 11.8 Å². The topological polar surface area (TPSA) is 61.7 Å². The van der Waals surface area contributed by atoms with E-state index in [1.807, 2.05) is 18.2 Å². The fourth-order valence-corrected chi connectivity index (χ4v) is 1.81. The Bertz CT molecular complexity index is 566. The van der Waals surface area contributed by atoms with Crippen LogP contribution in [0.4, 0.5) is 0 Å². The van der Waals surface area contributed by atoms with Crippen LogP contribution in [0.25, 0.3) is 11.3 Å². The number of benzene rings is 1. The molecule has 0 amide bonds. The molecule has 4 heteroatoms. The van der Waals surface area contributed by atoms with Gasteiger partial charge in [0, 0.05) is 5.56 Å². The number of nitrogens with zero attached hydrogens (tertiary/aromatic N) is 2. The summed E-state index contributed by atoms with van der Waals surface area (Å²) in [6.45, 7) is 2.07. The number of aromatic amines is 1. The molecule has 0 unspecified atom stereocenters. The molecule has 17 heavy (non-hydrogen) atoms. The van der Waals surface area contributed by atoms with Crippen molar-refractivity contribution < 1.29 is 4.74 Å². The molecular formula is C13H13N3O. The minimum atomic E-state index is 0.414. The van der Waals surface area contributed by atoms with E-state index in [1.54, 1.807) is 7.11 Å². The van der Waals surface area contributed by atoms with E-state index >= 15 is 0 Å². The van der Waals surface area contributed by atoms with E-state index in [0.29, 0.717) is 5.69 Å². The molecule has 1 aromatic carbocycles. The number of H-pyrrole nitrogens is 1. The molecule has 0 aliphatic heterocycles. The van der Waals surface area contributed by atoms with Crippen LogP contribution in [0.1, 0.15) is 18.2 Å². The number of hydrogen-bond donors (Lipinski definition) is 1. The number of hydrogen-bond acceptors (Lipinski definition) is 3. The van der Waals surface area contributed by atoms with E-state index in [1.165, 1.54) is 6.33 Å². The second kappa shape index (κ2) is 4.71. The van der Waals surface area contributed by atoms with Crippen molar-refractivity contribution in [3.8, 4) is 23.1 Å². The molecule has 86 valence electrons. The lowest BCUT2D eigenvalue weighted by Crippen LogP contribution is -1.92. The molecule has 1 aromatic heterocycles. The van der Waals surface area contributed by atoms with E-state index in [2.05, 4.69) is 23.0 Å². The fraction of sp³-hybridized carbons (Fsp3) is 0.231. The van der Waals surface area contributed by atoms with Crippen LogP contribution >= 0.6 is 0 Å². The molecule has 0 aliphatic carbocycles. The predicted octanol–water partition coefficient (Wildman–Crippen LogP) is 2.52. The van der Waals surface area contributed by atoms with Crippen molar-refractivity contribution in [3.63, 3.8) is 0 Å². The van der Waals surface area contributed by atoms with Gasteiger partial charge >= 0.3 is 0 Å². The SMILES string of the molecule is CCc1cc(-c2[nH]cnc2C#N)ccc1OC. The van der Waals surface area contributed by atoms with Crippen molar-refractivity contribution in [1.82, 2.24) is 9.97 Å². The summed E-state index contributed by atoms with van der Waals surface area (Å²) in [6.07, 6.45) is 2.41. The number of nitrogens with one attached hydrogen (secondary N) is 1. The third-order valence-electron chi connectivity index (χ3n) is 2.70. The first-order chi connectivity index (χ1) is 8.30. The molecule has 0 radical (unpaired) electrons. The molecule has 0 saturated carbocycles. The molecule has 2 rings (SSSR count). The van der Waals surface area contributed by atoms with Gasteiger partial charge in [-0.2, -0.15) is 5.26 Å². The van der Waals surface area contributed by atoms with Crippen LogP contribution in [0.15, 0.2) is 24.5 Å². The zero-order valence-corrected chi connectivity index (χ0v) is 9.82. The maximum absolute atomic E-state index is 8.94. The van der Waals surface area contributed by atoms with Gasteiger partial charge in [-0.1, -0.05) is 6.92 Å². The summed E-state index contributed by atoms with van der Waals surface area (Å²) in [4.78, 5) is 6.95. The van der Waals surface area contributed by atoms with Gasteiger partial charge in [-0.25, -0.2) is 4.98 Å². The Kier molecular flexibility index (Phi) is 3.10. The molecule has 0 aliphatic rings. The van der Waals surface area contributed by atoms with Gasteiger partial charge in [0.15, 0.2) is 5.69 Å². The molecule has 2 aromatic rings. The van der Waals surface area contributed by atoms with E-state index in [-0.39, 0.29) is 0 Å². The predicted molar refractivity (Wildman–Crippen MR) is 64.7 cm³/mol. The minimum Gasteiger partial charge on any atom is -0.496 e. The lowest BCUT2D eigenvalue weighted by molar-refractivity contribution is 0.410. The molecule has 1 heterocycles. The standard InChI is InChI=1S/C13H13N3O/c1-3-9-6-10(4-5-12(9)17-2)13-11(7-14)15-8-16-13/h4-6,8H,3H2,1-2H3,(H,15,16). The maximum atomic E-state index is 8.94. The van der Waals surface area contributed by atoms with Crippen LogP contribution in [-0.2, 0) is 6.42 Å². The van der Waals surface area contributed by atoms with Crippen molar-refractivity contribution in [2.75, 3.05) is 7.11 Å². The molecule has 0 atom stereocenters. The number of rotatable bonds is 3. The van der Waals surface area contributed by atoms with Gasteiger partial charge in [0.2, 0.25) is 0 Å². The van der Waals surface area contributed by atoms with Gasteiger partial charge in [-0.3, -0.25) is 0 Å². The van der Waals surface area contributed by atoms with Crippen molar-refractivity contribution in [3.05, 3.63) is 35.8 Å². The maximum Gasteiger partial charge on any atom is 0.166 e. The molecule has 0 spiro atoms.